The van der Waals surface area contributed by atoms with Gasteiger partial charge in [0.2, 0.25) is 11.8 Å². The van der Waals surface area contributed by atoms with E-state index < -0.39 is 0 Å². The summed E-state index contributed by atoms with van der Waals surface area (Å²) in [4.78, 5) is 26.1. The molecule has 0 saturated carbocycles. The molecule has 124 valence electrons. The third-order valence-corrected chi connectivity index (χ3v) is 4.63. The van der Waals surface area contributed by atoms with Crippen molar-refractivity contribution in [2.75, 3.05) is 26.2 Å². The van der Waals surface area contributed by atoms with Gasteiger partial charge >= 0.3 is 0 Å². The number of nitrogens with one attached hydrogen (secondary N) is 1. The number of benzene rings is 1. The molecule has 0 spiro atoms. The molecule has 2 fully saturated rings. The third kappa shape index (κ3) is 4.32. The van der Waals surface area contributed by atoms with Crippen molar-refractivity contribution in [1.82, 2.24) is 10.2 Å². The second-order valence-electron chi connectivity index (χ2n) is 6.36. The SMILES string of the molecule is O=C(NC[C@H]1CCCO1)[C@H]1CC(=O)N(CCc2ccccc2)C1. The van der Waals surface area contributed by atoms with Gasteiger partial charge in [-0.1, -0.05) is 30.3 Å². The van der Waals surface area contributed by atoms with E-state index in [-0.39, 0.29) is 23.8 Å². The minimum Gasteiger partial charge on any atom is -0.376 e. The van der Waals surface area contributed by atoms with E-state index in [1.165, 1.54) is 5.56 Å². The van der Waals surface area contributed by atoms with E-state index in [0.29, 0.717) is 26.1 Å². The Morgan fingerprint density at radius 1 is 1.30 bits per heavy atom. The minimum atomic E-state index is -0.223. The summed E-state index contributed by atoms with van der Waals surface area (Å²) >= 11 is 0. The summed E-state index contributed by atoms with van der Waals surface area (Å²) in [5.41, 5.74) is 1.21. The largest absolute Gasteiger partial charge is 0.376 e. The van der Waals surface area contributed by atoms with Crippen LogP contribution >= 0.6 is 0 Å². The highest BCUT2D eigenvalue weighted by molar-refractivity contribution is 5.89. The number of carbonyl (C=O) groups is 2. The fourth-order valence-electron chi connectivity index (χ4n) is 3.24. The van der Waals surface area contributed by atoms with E-state index in [1.807, 2.05) is 23.1 Å². The standard InChI is InChI=1S/C18H24N2O3/c21-17-11-15(18(22)19-12-16-7-4-10-23-16)13-20(17)9-8-14-5-2-1-3-6-14/h1-3,5-6,15-16H,4,7-13H2,(H,19,22)/t15-,16+/m0/s1. The van der Waals surface area contributed by atoms with Crippen LogP contribution in [0.5, 0.6) is 0 Å². The van der Waals surface area contributed by atoms with Crippen molar-refractivity contribution in [3.63, 3.8) is 0 Å². The van der Waals surface area contributed by atoms with Crippen molar-refractivity contribution >= 4 is 11.8 Å². The zero-order chi connectivity index (χ0) is 16.1. The number of amides is 2. The van der Waals surface area contributed by atoms with Crippen LogP contribution in [0.4, 0.5) is 0 Å². The summed E-state index contributed by atoms with van der Waals surface area (Å²) in [7, 11) is 0. The molecule has 2 atom stereocenters. The van der Waals surface area contributed by atoms with Crippen LogP contribution < -0.4 is 5.32 Å². The summed E-state index contributed by atoms with van der Waals surface area (Å²) in [5, 5.41) is 2.94. The van der Waals surface area contributed by atoms with Gasteiger partial charge in [0.15, 0.2) is 0 Å². The highest BCUT2D eigenvalue weighted by atomic mass is 16.5. The molecule has 5 heteroatoms. The van der Waals surface area contributed by atoms with Crippen LogP contribution in [0.15, 0.2) is 30.3 Å². The third-order valence-electron chi connectivity index (χ3n) is 4.63. The summed E-state index contributed by atoms with van der Waals surface area (Å²) in [6.07, 6.45) is 3.37. The Hall–Kier alpha value is -1.88. The molecule has 0 aliphatic carbocycles. The molecule has 1 aromatic carbocycles. The van der Waals surface area contributed by atoms with E-state index in [1.54, 1.807) is 0 Å². The first-order chi connectivity index (χ1) is 11.2. The highest BCUT2D eigenvalue weighted by Crippen LogP contribution is 2.19. The molecule has 1 aromatic rings. The molecule has 2 saturated heterocycles. The lowest BCUT2D eigenvalue weighted by atomic mass is 10.1. The predicted molar refractivity (Wildman–Crippen MR) is 86.8 cm³/mol. The number of carbonyl (C=O) groups excluding carboxylic acids is 2. The Kier molecular flexibility index (Phi) is 5.28. The van der Waals surface area contributed by atoms with Gasteiger partial charge in [0.05, 0.1) is 12.0 Å². The number of hydrogen-bond acceptors (Lipinski definition) is 3. The van der Waals surface area contributed by atoms with Gasteiger partial charge in [-0.05, 0) is 24.8 Å². The van der Waals surface area contributed by atoms with E-state index in [4.69, 9.17) is 4.74 Å². The number of hydrogen-bond donors (Lipinski definition) is 1. The summed E-state index contributed by atoms with van der Waals surface area (Å²) in [6.45, 7) is 2.56. The molecule has 5 nitrogen and oxygen atoms in total. The van der Waals surface area contributed by atoms with Crippen molar-refractivity contribution in [3.8, 4) is 0 Å². The lowest BCUT2D eigenvalue weighted by molar-refractivity contribution is -0.129. The van der Waals surface area contributed by atoms with Crippen LogP contribution in [0.1, 0.15) is 24.8 Å². The fourth-order valence-corrected chi connectivity index (χ4v) is 3.24. The van der Waals surface area contributed by atoms with E-state index in [0.717, 1.165) is 25.9 Å². The zero-order valence-corrected chi connectivity index (χ0v) is 13.4. The van der Waals surface area contributed by atoms with Crippen molar-refractivity contribution in [2.24, 2.45) is 5.92 Å². The Labute approximate surface area is 137 Å². The second kappa shape index (κ2) is 7.59. The van der Waals surface area contributed by atoms with Crippen molar-refractivity contribution < 1.29 is 14.3 Å². The lowest BCUT2D eigenvalue weighted by Crippen LogP contribution is -2.37. The number of likely N-dealkylation sites (tertiary alicyclic amines) is 1. The van der Waals surface area contributed by atoms with Gasteiger partial charge in [0, 0.05) is 32.7 Å². The maximum atomic E-state index is 12.2. The number of rotatable bonds is 6. The molecule has 0 aromatic heterocycles. The zero-order valence-electron chi connectivity index (χ0n) is 13.4. The average molecular weight is 316 g/mol. The van der Waals surface area contributed by atoms with Crippen LogP contribution in [-0.2, 0) is 20.7 Å². The van der Waals surface area contributed by atoms with Crippen LogP contribution in [-0.4, -0.2) is 49.1 Å². The second-order valence-corrected chi connectivity index (χ2v) is 6.36. The molecule has 3 rings (SSSR count). The maximum Gasteiger partial charge on any atom is 0.225 e. The molecule has 0 bridgehead atoms. The van der Waals surface area contributed by atoms with Crippen LogP contribution in [0, 0.1) is 5.92 Å². The van der Waals surface area contributed by atoms with Crippen molar-refractivity contribution in [2.45, 2.75) is 31.8 Å². The normalized spacial score (nSPS) is 24.2. The van der Waals surface area contributed by atoms with Crippen LogP contribution in [0.2, 0.25) is 0 Å². The molecule has 1 N–H and O–H groups in total. The summed E-state index contributed by atoms with van der Waals surface area (Å²) < 4.78 is 5.50. The number of ether oxygens (including phenoxy) is 1. The van der Waals surface area contributed by atoms with Crippen molar-refractivity contribution in [3.05, 3.63) is 35.9 Å². The van der Waals surface area contributed by atoms with Gasteiger partial charge in [0.1, 0.15) is 0 Å². The first-order valence-electron chi connectivity index (χ1n) is 8.43. The van der Waals surface area contributed by atoms with Gasteiger partial charge in [-0.25, -0.2) is 0 Å². The number of nitrogens with zero attached hydrogens (tertiary/aromatic N) is 1. The molecular formula is C18H24N2O3. The van der Waals surface area contributed by atoms with Crippen LogP contribution in [0.25, 0.3) is 0 Å². The molecule has 0 unspecified atom stereocenters. The quantitative estimate of drug-likeness (QED) is 0.862. The molecule has 2 aliphatic heterocycles. The first kappa shape index (κ1) is 16.0. The molecule has 2 aliphatic rings. The molecule has 2 amide bonds. The van der Waals surface area contributed by atoms with Gasteiger partial charge in [-0.3, -0.25) is 9.59 Å². The fraction of sp³-hybridized carbons (Fsp3) is 0.556. The van der Waals surface area contributed by atoms with Gasteiger partial charge < -0.3 is 15.0 Å². The first-order valence-corrected chi connectivity index (χ1v) is 8.43. The summed E-state index contributed by atoms with van der Waals surface area (Å²) in [5.74, 6) is -0.158. The maximum absolute atomic E-state index is 12.2. The van der Waals surface area contributed by atoms with Crippen LogP contribution in [0.3, 0.4) is 0 Å². The Morgan fingerprint density at radius 3 is 2.87 bits per heavy atom. The van der Waals surface area contributed by atoms with E-state index in [9.17, 15) is 9.59 Å². The monoisotopic (exact) mass is 316 g/mol. The minimum absolute atomic E-state index is 0.0175. The average Bonchev–Trinajstić information content (AvgIpc) is 3.21. The Balaban J connectivity index is 1.43. The molecule has 2 heterocycles. The predicted octanol–water partition coefficient (Wildman–Crippen LogP) is 1.37. The topological polar surface area (TPSA) is 58.6 Å². The van der Waals surface area contributed by atoms with Crippen molar-refractivity contribution in [1.29, 1.82) is 0 Å². The van der Waals surface area contributed by atoms with Gasteiger partial charge in [-0.2, -0.15) is 0 Å². The van der Waals surface area contributed by atoms with E-state index >= 15 is 0 Å². The van der Waals surface area contributed by atoms with Gasteiger partial charge in [-0.15, -0.1) is 0 Å². The molecule has 0 radical (unpaired) electrons. The van der Waals surface area contributed by atoms with E-state index in [2.05, 4.69) is 17.4 Å². The highest BCUT2D eigenvalue weighted by Gasteiger charge is 2.34. The Morgan fingerprint density at radius 2 is 2.13 bits per heavy atom. The molecular weight excluding hydrogens is 292 g/mol. The smallest absolute Gasteiger partial charge is 0.225 e. The lowest BCUT2D eigenvalue weighted by Gasteiger charge is -2.17. The van der Waals surface area contributed by atoms with Gasteiger partial charge in [0.25, 0.3) is 0 Å². The molecule has 23 heavy (non-hydrogen) atoms. The Bertz CT molecular complexity index is 540. The summed E-state index contributed by atoms with van der Waals surface area (Å²) in [6, 6.07) is 10.1.